The smallest absolute Gasteiger partial charge is 0.143 e. The molecule has 0 aliphatic heterocycles. The fraction of sp³-hybridized carbons (Fsp3) is 0.226. The summed E-state index contributed by atoms with van der Waals surface area (Å²) in [5.74, 6) is 0. The number of hydrogen-bond acceptors (Lipinski definition) is 1. The van der Waals surface area contributed by atoms with Gasteiger partial charge in [-0.3, -0.25) is 0 Å². The largest absolute Gasteiger partial charge is 0.364 e. The Kier molecular flexibility index (Phi) is 5.68. The first-order chi connectivity index (χ1) is 15.8. The number of ether oxygens (including phenoxy) is 1. The van der Waals surface area contributed by atoms with Gasteiger partial charge in [0.15, 0.2) is 0 Å². The van der Waals surface area contributed by atoms with Crippen molar-refractivity contribution in [1.82, 2.24) is 0 Å². The first-order valence-corrected chi connectivity index (χ1v) is 11.7. The normalized spacial score (nSPS) is 12.4. The highest BCUT2D eigenvalue weighted by molar-refractivity contribution is 5.80. The van der Waals surface area contributed by atoms with Crippen LogP contribution in [0.1, 0.15) is 53.1 Å². The standard InChI is InChI=1S/C31H30O/c1-3-4-13-23-20-21-28-27-19-12-11-14-24(27)22-29(28)30(23)31(32-2,25-15-7-5-8-16-25)26-17-9-6-10-18-26/h5-12,14-21H,3-4,13,22H2,1-2H3. The van der Waals surface area contributed by atoms with Crippen molar-refractivity contribution in [3.8, 4) is 11.1 Å². The van der Waals surface area contributed by atoms with Crippen LogP contribution >= 0.6 is 0 Å². The molecule has 4 aromatic rings. The van der Waals surface area contributed by atoms with E-state index in [1.165, 1.54) is 57.3 Å². The van der Waals surface area contributed by atoms with Gasteiger partial charge in [0, 0.05) is 12.7 Å². The van der Waals surface area contributed by atoms with E-state index in [1.807, 2.05) is 7.11 Å². The van der Waals surface area contributed by atoms with E-state index in [0.29, 0.717) is 0 Å². The Hall–Kier alpha value is -3.16. The Morgan fingerprint density at radius 3 is 1.97 bits per heavy atom. The van der Waals surface area contributed by atoms with Gasteiger partial charge < -0.3 is 4.74 Å². The highest BCUT2D eigenvalue weighted by atomic mass is 16.5. The third-order valence-electron chi connectivity index (χ3n) is 6.89. The number of hydrogen-bond donors (Lipinski definition) is 0. The average Bonchev–Trinajstić information content (AvgIpc) is 3.24. The summed E-state index contributed by atoms with van der Waals surface area (Å²) < 4.78 is 6.64. The molecule has 0 radical (unpaired) electrons. The third kappa shape index (κ3) is 3.29. The van der Waals surface area contributed by atoms with Crippen LogP contribution in [0.4, 0.5) is 0 Å². The maximum Gasteiger partial charge on any atom is 0.143 e. The van der Waals surface area contributed by atoms with Gasteiger partial charge in [0.1, 0.15) is 5.60 Å². The number of fused-ring (bicyclic) bond motifs is 3. The summed E-state index contributed by atoms with van der Waals surface area (Å²) in [5, 5.41) is 0. The SMILES string of the molecule is CCCCc1ccc2c(c1C(OC)(c1ccccc1)c1ccccc1)Cc1ccccc1-2. The van der Waals surface area contributed by atoms with Crippen molar-refractivity contribution in [3.63, 3.8) is 0 Å². The molecule has 0 saturated carbocycles. The minimum absolute atomic E-state index is 0.654. The molecule has 0 amide bonds. The van der Waals surface area contributed by atoms with E-state index in [9.17, 15) is 0 Å². The molecular formula is C31H30O. The Morgan fingerprint density at radius 2 is 1.34 bits per heavy atom. The zero-order valence-electron chi connectivity index (χ0n) is 19.0. The molecule has 0 atom stereocenters. The van der Waals surface area contributed by atoms with E-state index in [4.69, 9.17) is 4.74 Å². The Morgan fingerprint density at radius 1 is 0.719 bits per heavy atom. The second kappa shape index (κ2) is 8.76. The lowest BCUT2D eigenvalue weighted by Crippen LogP contribution is -2.34. The van der Waals surface area contributed by atoms with Crippen LogP contribution in [0.25, 0.3) is 11.1 Å². The molecule has 1 heteroatoms. The highest BCUT2D eigenvalue weighted by Crippen LogP contribution is 2.49. The monoisotopic (exact) mass is 418 g/mol. The van der Waals surface area contributed by atoms with E-state index in [-0.39, 0.29) is 0 Å². The molecule has 5 rings (SSSR count). The molecule has 1 nitrogen and oxygen atoms in total. The predicted molar refractivity (Wildman–Crippen MR) is 133 cm³/mol. The van der Waals surface area contributed by atoms with Crippen LogP contribution in [0, 0.1) is 0 Å². The van der Waals surface area contributed by atoms with Crippen molar-refractivity contribution in [2.45, 2.75) is 38.2 Å². The first-order valence-electron chi connectivity index (χ1n) is 11.7. The summed E-state index contributed by atoms with van der Waals surface area (Å²) in [7, 11) is 1.87. The topological polar surface area (TPSA) is 9.23 Å². The average molecular weight is 419 g/mol. The molecule has 0 fully saturated rings. The van der Waals surface area contributed by atoms with Crippen LogP contribution in [-0.4, -0.2) is 7.11 Å². The number of methoxy groups -OCH3 is 1. The van der Waals surface area contributed by atoms with Crippen molar-refractivity contribution in [1.29, 1.82) is 0 Å². The van der Waals surface area contributed by atoms with Crippen LogP contribution in [-0.2, 0) is 23.2 Å². The van der Waals surface area contributed by atoms with Crippen molar-refractivity contribution in [2.24, 2.45) is 0 Å². The molecule has 32 heavy (non-hydrogen) atoms. The van der Waals surface area contributed by atoms with Crippen molar-refractivity contribution < 1.29 is 4.74 Å². The Balaban J connectivity index is 1.85. The second-order valence-electron chi connectivity index (χ2n) is 8.68. The second-order valence-corrected chi connectivity index (χ2v) is 8.68. The first kappa shape index (κ1) is 20.7. The predicted octanol–water partition coefficient (Wildman–Crippen LogP) is 7.54. The third-order valence-corrected chi connectivity index (χ3v) is 6.89. The summed E-state index contributed by atoms with van der Waals surface area (Å²) in [6.07, 6.45) is 4.35. The van der Waals surface area contributed by atoms with Gasteiger partial charge in [-0.25, -0.2) is 0 Å². The molecular weight excluding hydrogens is 388 g/mol. The van der Waals surface area contributed by atoms with E-state index in [1.54, 1.807) is 0 Å². The zero-order chi connectivity index (χ0) is 22.0. The number of rotatable bonds is 7. The minimum atomic E-state index is -0.654. The highest BCUT2D eigenvalue weighted by Gasteiger charge is 2.41. The summed E-state index contributed by atoms with van der Waals surface area (Å²) in [5.41, 5.74) is 9.95. The molecule has 0 N–H and O–H groups in total. The van der Waals surface area contributed by atoms with Crippen LogP contribution in [0.2, 0.25) is 0 Å². The fourth-order valence-corrected chi connectivity index (χ4v) is 5.41. The van der Waals surface area contributed by atoms with Gasteiger partial charge in [0.25, 0.3) is 0 Å². The molecule has 160 valence electrons. The molecule has 0 unspecified atom stereocenters. The van der Waals surface area contributed by atoms with Gasteiger partial charge in [-0.15, -0.1) is 0 Å². The van der Waals surface area contributed by atoms with Gasteiger partial charge in [-0.05, 0) is 58.2 Å². The minimum Gasteiger partial charge on any atom is -0.364 e. The molecule has 0 heterocycles. The molecule has 4 aromatic carbocycles. The van der Waals surface area contributed by atoms with Gasteiger partial charge in [-0.1, -0.05) is 110 Å². The quantitative estimate of drug-likeness (QED) is 0.248. The maximum absolute atomic E-state index is 6.64. The summed E-state index contributed by atoms with van der Waals surface area (Å²) in [4.78, 5) is 0. The summed E-state index contributed by atoms with van der Waals surface area (Å²) in [6, 6.07) is 35.0. The zero-order valence-corrected chi connectivity index (χ0v) is 19.0. The number of benzene rings is 4. The van der Waals surface area contributed by atoms with Crippen LogP contribution in [0.5, 0.6) is 0 Å². The lowest BCUT2D eigenvalue weighted by Gasteiger charge is -2.37. The molecule has 1 aliphatic rings. The van der Waals surface area contributed by atoms with E-state index >= 15 is 0 Å². The van der Waals surface area contributed by atoms with Gasteiger partial charge >= 0.3 is 0 Å². The molecule has 1 aliphatic carbocycles. The maximum atomic E-state index is 6.64. The van der Waals surface area contributed by atoms with Crippen molar-refractivity contribution >= 4 is 0 Å². The Bertz CT molecular complexity index is 1170. The number of aryl methyl sites for hydroxylation is 1. The van der Waals surface area contributed by atoms with Gasteiger partial charge in [0.05, 0.1) is 0 Å². The van der Waals surface area contributed by atoms with E-state index in [2.05, 4.69) is 104 Å². The van der Waals surface area contributed by atoms with Crippen molar-refractivity contribution in [2.75, 3.05) is 7.11 Å². The summed E-state index contributed by atoms with van der Waals surface area (Å²) >= 11 is 0. The lowest BCUT2D eigenvalue weighted by molar-refractivity contribution is 0.0571. The van der Waals surface area contributed by atoms with E-state index in [0.717, 1.165) is 12.8 Å². The van der Waals surface area contributed by atoms with Gasteiger partial charge in [-0.2, -0.15) is 0 Å². The van der Waals surface area contributed by atoms with Crippen molar-refractivity contribution in [3.05, 3.63) is 130 Å². The lowest BCUT2D eigenvalue weighted by atomic mass is 9.74. The molecule has 0 aromatic heterocycles. The van der Waals surface area contributed by atoms with Crippen LogP contribution in [0.15, 0.2) is 97.1 Å². The van der Waals surface area contributed by atoms with Gasteiger partial charge in [0.2, 0.25) is 0 Å². The summed E-state index contributed by atoms with van der Waals surface area (Å²) in [6.45, 7) is 2.26. The van der Waals surface area contributed by atoms with Crippen LogP contribution < -0.4 is 0 Å². The molecule has 0 spiro atoms. The van der Waals surface area contributed by atoms with E-state index < -0.39 is 5.60 Å². The molecule has 0 saturated heterocycles. The number of unbranched alkanes of at least 4 members (excludes halogenated alkanes) is 1. The van der Waals surface area contributed by atoms with Crippen LogP contribution in [0.3, 0.4) is 0 Å². The Labute approximate surface area is 191 Å². The molecule has 0 bridgehead atoms. The fourth-order valence-electron chi connectivity index (χ4n) is 5.41.